The number of carbonyl (C=O) groups is 2. The monoisotopic (exact) mass is 303 g/mol. The lowest BCUT2D eigenvalue weighted by Gasteiger charge is -2.35. The number of esters is 1. The number of carbonyl (C=O) groups excluding carboxylic acids is 2. The Morgan fingerprint density at radius 3 is 2.55 bits per heavy atom. The Bertz CT molecular complexity index is 514. The first-order valence-electron chi connectivity index (χ1n) is 8.05. The highest BCUT2D eigenvalue weighted by Gasteiger charge is 2.30. The van der Waals surface area contributed by atoms with Gasteiger partial charge in [0.25, 0.3) is 5.91 Å². The Kier molecular flexibility index (Phi) is 5.58. The van der Waals surface area contributed by atoms with E-state index >= 15 is 0 Å². The molecule has 4 nitrogen and oxygen atoms in total. The molecule has 0 aliphatic heterocycles. The van der Waals surface area contributed by atoms with E-state index in [4.69, 9.17) is 4.74 Å². The van der Waals surface area contributed by atoms with E-state index < -0.39 is 12.1 Å². The number of ether oxygens (including phenoxy) is 1. The second kappa shape index (κ2) is 7.43. The van der Waals surface area contributed by atoms with E-state index in [2.05, 4.69) is 19.2 Å². The molecule has 1 amide bonds. The normalized spacial score (nSPS) is 26.0. The number of hydrogen-bond donors (Lipinski definition) is 1. The van der Waals surface area contributed by atoms with Crippen LogP contribution >= 0.6 is 0 Å². The van der Waals surface area contributed by atoms with Gasteiger partial charge in [0, 0.05) is 6.04 Å². The van der Waals surface area contributed by atoms with Crippen molar-refractivity contribution >= 4 is 11.9 Å². The Labute approximate surface area is 132 Å². The predicted octanol–water partition coefficient (Wildman–Crippen LogP) is 3.17. The summed E-state index contributed by atoms with van der Waals surface area (Å²) in [5.41, 5.74) is 0.460. The Balaban J connectivity index is 1.88. The first-order valence-corrected chi connectivity index (χ1v) is 8.05. The van der Waals surface area contributed by atoms with Crippen molar-refractivity contribution in [1.82, 2.24) is 5.32 Å². The van der Waals surface area contributed by atoms with Gasteiger partial charge in [0.1, 0.15) is 0 Å². The molecule has 4 heteroatoms. The highest BCUT2D eigenvalue weighted by atomic mass is 16.5. The molecule has 1 aliphatic rings. The van der Waals surface area contributed by atoms with Gasteiger partial charge in [-0.15, -0.1) is 0 Å². The van der Waals surface area contributed by atoms with Gasteiger partial charge in [-0.3, -0.25) is 4.79 Å². The molecule has 1 aromatic carbocycles. The fraction of sp³-hybridized carbons (Fsp3) is 0.556. The van der Waals surface area contributed by atoms with Gasteiger partial charge in [-0.2, -0.15) is 0 Å². The van der Waals surface area contributed by atoms with Crippen molar-refractivity contribution in [2.75, 3.05) is 0 Å². The van der Waals surface area contributed by atoms with Crippen LogP contribution < -0.4 is 5.32 Å². The molecule has 0 heterocycles. The first-order chi connectivity index (χ1) is 10.5. The molecule has 2 rings (SSSR count). The quantitative estimate of drug-likeness (QED) is 0.869. The third kappa shape index (κ3) is 4.09. The lowest BCUT2D eigenvalue weighted by molar-refractivity contribution is -0.130. The van der Waals surface area contributed by atoms with Crippen LogP contribution in [0.25, 0.3) is 0 Å². The Morgan fingerprint density at radius 1 is 1.18 bits per heavy atom. The topological polar surface area (TPSA) is 55.4 Å². The van der Waals surface area contributed by atoms with Gasteiger partial charge in [0.15, 0.2) is 6.10 Å². The predicted molar refractivity (Wildman–Crippen MR) is 85.4 cm³/mol. The van der Waals surface area contributed by atoms with Crippen LogP contribution in [0.1, 0.15) is 50.4 Å². The molecule has 0 spiro atoms. The number of rotatable bonds is 4. The highest BCUT2D eigenvalue weighted by molar-refractivity contribution is 5.92. The molecular formula is C18H25NO3. The van der Waals surface area contributed by atoms with Crippen LogP contribution in [-0.2, 0) is 9.53 Å². The zero-order chi connectivity index (χ0) is 16.1. The number of benzene rings is 1. The molecule has 1 saturated carbocycles. The minimum absolute atomic E-state index is 0.175. The lowest BCUT2D eigenvalue weighted by atomic mass is 9.78. The molecule has 0 unspecified atom stereocenters. The van der Waals surface area contributed by atoms with Gasteiger partial charge >= 0.3 is 5.97 Å². The minimum atomic E-state index is -0.780. The maximum Gasteiger partial charge on any atom is 0.338 e. The molecule has 0 aromatic heterocycles. The van der Waals surface area contributed by atoms with E-state index in [-0.39, 0.29) is 11.9 Å². The van der Waals surface area contributed by atoms with Gasteiger partial charge in [-0.1, -0.05) is 44.9 Å². The number of amides is 1. The van der Waals surface area contributed by atoms with E-state index in [0.29, 0.717) is 17.4 Å². The van der Waals surface area contributed by atoms with Crippen molar-refractivity contribution in [1.29, 1.82) is 0 Å². The smallest absolute Gasteiger partial charge is 0.338 e. The molecule has 4 atom stereocenters. The van der Waals surface area contributed by atoms with Crippen molar-refractivity contribution in [2.24, 2.45) is 11.8 Å². The maximum absolute atomic E-state index is 12.2. The lowest BCUT2D eigenvalue weighted by Crippen LogP contribution is -2.47. The molecule has 0 saturated heterocycles. The molecule has 1 N–H and O–H groups in total. The molecule has 0 radical (unpaired) electrons. The van der Waals surface area contributed by atoms with Gasteiger partial charge in [0.2, 0.25) is 0 Å². The Hall–Kier alpha value is -1.84. The number of nitrogens with one attached hydrogen (secondary N) is 1. The summed E-state index contributed by atoms with van der Waals surface area (Å²) in [6, 6.07) is 8.90. The Morgan fingerprint density at radius 2 is 1.86 bits per heavy atom. The van der Waals surface area contributed by atoms with Gasteiger partial charge in [-0.05, 0) is 37.3 Å². The van der Waals surface area contributed by atoms with Crippen LogP contribution in [0.3, 0.4) is 0 Å². The third-order valence-electron chi connectivity index (χ3n) is 4.70. The van der Waals surface area contributed by atoms with Crippen molar-refractivity contribution in [2.45, 2.75) is 52.2 Å². The van der Waals surface area contributed by atoms with Crippen molar-refractivity contribution in [3.05, 3.63) is 35.9 Å². The molecule has 0 bridgehead atoms. The van der Waals surface area contributed by atoms with E-state index in [1.165, 1.54) is 6.42 Å². The fourth-order valence-electron chi connectivity index (χ4n) is 2.94. The summed E-state index contributed by atoms with van der Waals surface area (Å²) in [5, 5.41) is 3.04. The van der Waals surface area contributed by atoms with Crippen LogP contribution in [0.4, 0.5) is 0 Å². The van der Waals surface area contributed by atoms with Gasteiger partial charge in [-0.25, -0.2) is 4.79 Å². The summed E-state index contributed by atoms with van der Waals surface area (Å²) in [5.74, 6) is 0.388. The average Bonchev–Trinajstić information content (AvgIpc) is 2.52. The number of hydrogen-bond acceptors (Lipinski definition) is 3. The summed E-state index contributed by atoms with van der Waals surface area (Å²) >= 11 is 0. The first kappa shape index (κ1) is 16.5. The SMILES string of the molecule is C[C@@H]1[C@H](C)CCC[C@H]1NC(=O)[C@@H](C)OC(=O)c1ccccc1. The summed E-state index contributed by atoms with van der Waals surface area (Å²) in [4.78, 5) is 24.2. The molecule has 1 fully saturated rings. The molecule has 22 heavy (non-hydrogen) atoms. The fourth-order valence-corrected chi connectivity index (χ4v) is 2.94. The highest BCUT2D eigenvalue weighted by Crippen LogP contribution is 2.29. The van der Waals surface area contributed by atoms with Crippen molar-refractivity contribution in [3.8, 4) is 0 Å². The average molecular weight is 303 g/mol. The summed E-state index contributed by atoms with van der Waals surface area (Å²) in [7, 11) is 0. The zero-order valence-electron chi connectivity index (χ0n) is 13.5. The summed E-state index contributed by atoms with van der Waals surface area (Å²) in [6.07, 6.45) is 2.56. The standard InChI is InChI=1S/C18H25NO3/c1-12-8-7-11-16(13(12)2)19-17(20)14(3)22-18(21)15-9-5-4-6-10-15/h4-6,9-10,12-14,16H,7-8,11H2,1-3H3,(H,19,20)/t12-,13-,14-,16-/m1/s1. The van der Waals surface area contributed by atoms with E-state index in [9.17, 15) is 9.59 Å². The second-order valence-electron chi connectivity index (χ2n) is 6.30. The zero-order valence-corrected chi connectivity index (χ0v) is 13.5. The van der Waals surface area contributed by atoms with Crippen LogP contribution in [0, 0.1) is 11.8 Å². The van der Waals surface area contributed by atoms with Crippen LogP contribution in [0.15, 0.2) is 30.3 Å². The molecule has 1 aromatic rings. The van der Waals surface area contributed by atoms with Gasteiger partial charge < -0.3 is 10.1 Å². The second-order valence-corrected chi connectivity index (χ2v) is 6.30. The van der Waals surface area contributed by atoms with Crippen molar-refractivity contribution in [3.63, 3.8) is 0 Å². The summed E-state index contributed by atoms with van der Waals surface area (Å²) < 4.78 is 5.25. The van der Waals surface area contributed by atoms with Crippen molar-refractivity contribution < 1.29 is 14.3 Å². The van der Waals surface area contributed by atoms with E-state index in [1.807, 2.05) is 6.07 Å². The summed E-state index contributed by atoms with van der Waals surface area (Å²) in [6.45, 7) is 6.02. The maximum atomic E-state index is 12.2. The molecular weight excluding hydrogens is 278 g/mol. The molecule has 120 valence electrons. The van der Waals surface area contributed by atoms with Gasteiger partial charge in [0.05, 0.1) is 5.56 Å². The van der Waals surface area contributed by atoms with Crippen LogP contribution in [0.2, 0.25) is 0 Å². The van der Waals surface area contributed by atoms with E-state index in [0.717, 1.165) is 12.8 Å². The minimum Gasteiger partial charge on any atom is -0.449 e. The van der Waals surface area contributed by atoms with E-state index in [1.54, 1.807) is 31.2 Å². The van der Waals surface area contributed by atoms with Crippen LogP contribution in [-0.4, -0.2) is 24.0 Å². The third-order valence-corrected chi connectivity index (χ3v) is 4.70. The largest absolute Gasteiger partial charge is 0.449 e. The van der Waals surface area contributed by atoms with Crippen LogP contribution in [0.5, 0.6) is 0 Å². The molecule has 1 aliphatic carbocycles.